The van der Waals surface area contributed by atoms with Crippen LogP contribution >= 0.6 is 11.3 Å². The molecule has 4 rings (SSSR count). The van der Waals surface area contributed by atoms with E-state index in [1.54, 1.807) is 29.2 Å². The van der Waals surface area contributed by atoms with Crippen molar-refractivity contribution in [3.05, 3.63) is 60.6 Å². The Labute approximate surface area is 155 Å². The van der Waals surface area contributed by atoms with E-state index >= 15 is 0 Å². The van der Waals surface area contributed by atoms with E-state index < -0.39 is 6.36 Å². The van der Waals surface area contributed by atoms with Gasteiger partial charge in [0.15, 0.2) is 0 Å². The van der Waals surface area contributed by atoms with Gasteiger partial charge in [0.05, 0.1) is 11.9 Å². The first-order chi connectivity index (χ1) is 13.0. The largest absolute Gasteiger partial charge is 0.573 e. The number of benzene rings is 1. The standard InChI is InChI=1S/C17H12F3N5OS/c18-17(19,20)26-13-5-1-4-12(7-13)14-10-25-16(23-14)27-15(24-25)22-9-11-3-2-6-21-8-11/h1-8,10H,9H2,(H,22,24). The van der Waals surface area contributed by atoms with Crippen molar-refractivity contribution in [3.8, 4) is 17.0 Å². The zero-order chi connectivity index (χ0) is 18.9. The molecule has 0 aliphatic carbocycles. The summed E-state index contributed by atoms with van der Waals surface area (Å²) in [5, 5.41) is 8.26. The molecule has 0 aliphatic rings. The summed E-state index contributed by atoms with van der Waals surface area (Å²) in [5.74, 6) is -0.289. The number of halogens is 3. The molecule has 1 N–H and O–H groups in total. The first-order valence-electron chi connectivity index (χ1n) is 7.81. The van der Waals surface area contributed by atoms with Crippen LogP contribution in [0, 0.1) is 0 Å². The van der Waals surface area contributed by atoms with Crippen LogP contribution in [0.25, 0.3) is 16.2 Å². The van der Waals surface area contributed by atoms with Crippen molar-refractivity contribution in [2.45, 2.75) is 12.9 Å². The molecule has 4 aromatic rings. The van der Waals surface area contributed by atoms with E-state index in [1.807, 2.05) is 12.1 Å². The van der Waals surface area contributed by atoms with Crippen molar-refractivity contribution in [3.63, 3.8) is 0 Å². The Kier molecular flexibility index (Phi) is 4.40. The number of hydrogen-bond donors (Lipinski definition) is 1. The van der Waals surface area contributed by atoms with Crippen LogP contribution in [0.3, 0.4) is 0 Å². The third-order valence-corrected chi connectivity index (χ3v) is 4.45. The summed E-state index contributed by atoms with van der Waals surface area (Å²) in [6.07, 6.45) is 0.397. The molecule has 10 heteroatoms. The molecule has 0 saturated heterocycles. The molecule has 138 valence electrons. The number of rotatable bonds is 5. The summed E-state index contributed by atoms with van der Waals surface area (Å²) in [7, 11) is 0. The Bertz CT molecular complexity index is 1030. The predicted octanol–water partition coefficient (Wildman–Crippen LogP) is 4.36. The summed E-state index contributed by atoms with van der Waals surface area (Å²) in [6, 6.07) is 9.49. The van der Waals surface area contributed by atoms with Gasteiger partial charge in [-0.1, -0.05) is 29.5 Å². The van der Waals surface area contributed by atoms with Gasteiger partial charge in [-0.2, -0.15) is 0 Å². The molecule has 0 radical (unpaired) electrons. The molecule has 0 fully saturated rings. The molecular formula is C17H12F3N5OS. The van der Waals surface area contributed by atoms with Crippen molar-refractivity contribution in [2.24, 2.45) is 0 Å². The first-order valence-corrected chi connectivity index (χ1v) is 8.63. The molecule has 3 heterocycles. The second-order valence-electron chi connectivity index (χ2n) is 5.55. The quantitative estimate of drug-likeness (QED) is 0.548. The highest BCUT2D eigenvalue weighted by atomic mass is 32.1. The van der Waals surface area contributed by atoms with Crippen molar-refractivity contribution in [2.75, 3.05) is 5.32 Å². The summed E-state index contributed by atoms with van der Waals surface area (Å²) in [5.41, 5.74) is 2.05. The molecule has 0 spiro atoms. The van der Waals surface area contributed by atoms with Gasteiger partial charge in [-0.25, -0.2) is 9.50 Å². The number of anilines is 1. The zero-order valence-electron chi connectivity index (χ0n) is 13.6. The lowest BCUT2D eigenvalue weighted by Crippen LogP contribution is -2.17. The summed E-state index contributed by atoms with van der Waals surface area (Å²) >= 11 is 1.34. The van der Waals surface area contributed by atoms with Crippen molar-refractivity contribution in [1.82, 2.24) is 19.6 Å². The predicted molar refractivity (Wildman–Crippen MR) is 94.5 cm³/mol. The Hall–Kier alpha value is -3.14. The van der Waals surface area contributed by atoms with E-state index in [9.17, 15) is 13.2 Å². The third kappa shape index (κ3) is 4.17. The number of nitrogens with one attached hydrogen (secondary N) is 1. The van der Waals surface area contributed by atoms with Gasteiger partial charge in [-0.3, -0.25) is 4.98 Å². The molecule has 1 aromatic carbocycles. The van der Waals surface area contributed by atoms with Crippen LogP contribution in [0.2, 0.25) is 0 Å². The molecule has 0 bridgehead atoms. The topological polar surface area (TPSA) is 64.3 Å². The summed E-state index contributed by atoms with van der Waals surface area (Å²) in [6.45, 7) is 0.578. The van der Waals surface area contributed by atoms with E-state index in [0.29, 0.717) is 27.9 Å². The van der Waals surface area contributed by atoms with E-state index in [0.717, 1.165) is 5.56 Å². The monoisotopic (exact) mass is 391 g/mol. The van der Waals surface area contributed by atoms with E-state index in [-0.39, 0.29) is 5.75 Å². The van der Waals surface area contributed by atoms with E-state index in [1.165, 1.54) is 29.5 Å². The lowest BCUT2D eigenvalue weighted by atomic mass is 10.1. The number of imidazole rings is 1. The Balaban J connectivity index is 1.51. The molecule has 27 heavy (non-hydrogen) atoms. The van der Waals surface area contributed by atoms with Gasteiger partial charge >= 0.3 is 6.36 Å². The van der Waals surface area contributed by atoms with Crippen LogP contribution in [0.15, 0.2) is 55.0 Å². The molecule has 0 amide bonds. The van der Waals surface area contributed by atoms with Crippen molar-refractivity contribution < 1.29 is 17.9 Å². The number of ether oxygens (including phenoxy) is 1. The number of hydrogen-bond acceptors (Lipinski definition) is 6. The van der Waals surface area contributed by atoms with E-state index in [2.05, 4.69) is 25.1 Å². The highest BCUT2D eigenvalue weighted by Gasteiger charge is 2.31. The highest BCUT2D eigenvalue weighted by Crippen LogP contribution is 2.29. The molecule has 0 atom stereocenters. The average Bonchev–Trinajstić information content (AvgIpc) is 3.18. The second kappa shape index (κ2) is 6.88. The van der Waals surface area contributed by atoms with Crippen LogP contribution in [0.5, 0.6) is 5.75 Å². The summed E-state index contributed by atoms with van der Waals surface area (Å²) < 4.78 is 42.7. The highest BCUT2D eigenvalue weighted by molar-refractivity contribution is 7.20. The smallest absolute Gasteiger partial charge is 0.406 e. The van der Waals surface area contributed by atoms with Gasteiger partial charge in [-0.15, -0.1) is 18.3 Å². The average molecular weight is 391 g/mol. The maximum atomic E-state index is 12.4. The number of pyridine rings is 1. The maximum absolute atomic E-state index is 12.4. The zero-order valence-corrected chi connectivity index (χ0v) is 14.5. The fourth-order valence-electron chi connectivity index (χ4n) is 2.44. The number of alkyl halides is 3. The molecule has 0 unspecified atom stereocenters. The molecule has 6 nitrogen and oxygen atoms in total. The number of aromatic nitrogens is 4. The molecule has 3 aromatic heterocycles. The van der Waals surface area contributed by atoms with Gasteiger partial charge in [0, 0.05) is 24.5 Å². The van der Waals surface area contributed by atoms with Gasteiger partial charge < -0.3 is 10.1 Å². The lowest BCUT2D eigenvalue weighted by Gasteiger charge is -2.09. The van der Waals surface area contributed by atoms with Gasteiger partial charge in [0.25, 0.3) is 0 Å². The Morgan fingerprint density at radius 3 is 2.81 bits per heavy atom. The van der Waals surface area contributed by atoms with Crippen LogP contribution in [-0.4, -0.2) is 25.9 Å². The molecular weight excluding hydrogens is 379 g/mol. The minimum Gasteiger partial charge on any atom is -0.406 e. The van der Waals surface area contributed by atoms with Crippen LogP contribution in [0.1, 0.15) is 5.56 Å². The number of nitrogens with zero attached hydrogens (tertiary/aromatic N) is 4. The fraction of sp³-hybridized carbons (Fsp3) is 0.118. The molecule has 0 aliphatic heterocycles. The number of fused-ring (bicyclic) bond motifs is 1. The Morgan fingerprint density at radius 2 is 2.07 bits per heavy atom. The van der Waals surface area contributed by atoms with Gasteiger partial charge in [-0.05, 0) is 23.8 Å². The maximum Gasteiger partial charge on any atom is 0.573 e. The van der Waals surface area contributed by atoms with Crippen LogP contribution < -0.4 is 10.1 Å². The van der Waals surface area contributed by atoms with Crippen LogP contribution in [-0.2, 0) is 6.54 Å². The van der Waals surface area contributed by atoms with Crippen molar-refractivity contribution in [1.29, 1.82) is 0 Å². The normalized spacial score (nSPS) is 11.7. The van der Waals surface area contributed by atoms with Crippen molar-refractivity contribution >= 4 is 21.4 Å². The minimum atomic E-state index is -4.73. The third-order valence-electron chi connectivity index (χ3n) is 3.57. The van der Waals surface area contributed by atoms with Crippen LogP contribution in [0.4, 0.5) is 18.3 Å². The Morgan fingerprint density at radius 1 is 1.19 bits per heavy atom. The summed E-state index contributed by atoms with van der Waals surface area (Å²) in [4.78, 5) is 9.10. The second-order valence-corrected chi connectivity index (χ2v) is 6.51. The lowest BCUT2D eigenvalue weighted by molar-refractivity contribution is -0.274. The SMILES string of the molecule is FC(F)(F)Oc1cccc(-c2cn3nc(NCc4cccnc4)sc3n2)c1. The van der Waals surface area contributed by atoms with E-state index in [4.69, 9.17) is 0 Å². The first kappa shape index (κ1) is 17.3. The van der Waals surface area contributed by atoms with Gasteiger partial charge in [0.2, 0.25) is 10.1 Å². The van der Waals surface area contributed by atoms with Gasteiger partial charge in [0.1, 0.15) is 5.75 Å². The molecule has 0 saturated carbocycles. The fourth-order valence-corrected chi connectivity index (χ4v) is 3.22. The minimum absolute atomic E-state index is 0.289.